The summed E-state index contributed by atoms with van der Waals surface area (Å²) in [4.78, 5) is 31.0. The monoisotopic (exact) mass is 454 g/mol. The van der Waals surface area contributed by atoms with Gasteiger partial charge in [-0.25, -0.2) is 4.98 Å². The molecule has 3 aromatic rings. The Morgan fingerprint density at radius 2 is 2.15 bits per heavy atom. The molecule has 33 heavy (non-hydrogen) atoms. The summed E-state index contributed by atoms with van der Waals surface area (Å²) < 4.78 is 12.7. The second-order valence-corrected chi connectivity index (χ2v) is 8.55. The van der Waals surface area contributed by atoms with Gasteiger partial charge in [0.1, 0.15) is 11.9 Å². The summed E-state index contributed by atoms with van der Waals surface area (Å²) in [6, 6.07) is 7.09. The number of aromatic nitrogens is 3. The lowest BCUT2D eigenvalue weighted by Crippen LogP contribution is -2.39. The summed E-state index contributed by atoms with van der Waals surface area (Å²) in [5.74, 6) is 0.351. The van der Waals surface area contributed by atoms with Gasteiger partial charge in [0.05, 0.1) is 17.6 Å². The lowest BCUT2D eigenvalue weighted by molar-refractivity contribution is -0.140. The minimum atomic E-state index is -0.950. The summed E-state index contributed by atoms with van der Waals surface area (Å²) in [5, 5.41) is 12.3. The molecule has 0 amide bonds. The third kappa shape index (κ3) is 5.32. The van der Waals surface area contributed by atoms with Crippen molar-refractivity contribution in [3.63, 3.8) is 0 Å². The number of rotatable bonds is 9. The molecule has 1 unspecified atom stereocenters. The Bertz CT molecular complexity index is 1180. The highest BCUT2D eigenvalue weighted by Gasteiger charge is 2.21. The normalized spacial score (nSPS) is 15.7. The van der Waals surface area contributed by atoms with Crippen LogP contribution in [0.1, 0.15) is 24.0 Å². The molecule has 3 N–H and O–H groups in total. The molecule has 176 valence electrons. The smallest absolute Gasteiger partial charge is 0.323 e. The van der Waals surface area contributed by atoms with Gasteiger partial charge in [-0.1, -0.05) is 6.07 Å². The van der Waals surface area contributed by atoms with Gasteiger partial charge in [-0.3, -0.25) is 14.9 Å². The van der Waals surface area contributed by atoms with E-state index in [1.807, 2.05) is 24.3 Å². The van der Waals surface area contributed by atoms with Crippen LogP contribution in [-0.4, -0.2) is 58.6 Å². The molecule has 0 saturated carbocycles. The fourth-order valence-corrected chi connectivity index (χ4v) is 4.23. The topological polar surface area (TPSA) is 118 Å². The number of carboxylic acids is 1. The molecule has 1 aliphatic rings. The molecule has 0 bridgehead atoms. The number of nitrogens with zero attached hydrogens (tertiary/aromatic N) is 2. The maximum absolute atomic E-state index is 11.9. The number of imidazole rings is 1. The van der Waals surface area contributed by atoms with E-state index < -0.39 is 12.0 Å². The molecule has 1 fully saturated rings. The number of nitrogens with one attached hydrogen (secondary N) is 2. The van der Waals surface area contributed by atoms with Gasteiger partial charge in [0.25, 0.3) is 5.56 Å². The van der Waals surface area contributed by atoms with Crippen molar-refractivity contribution in [3.8, 4) is 11.4 Å². The summed E-state index contributed by atoms with van der Waals surface area (Å²) in [7, 11) is 1.48. The summed E-state index contributed by atoms with van der Waals surface area (Å²) in [5.41, 5.74) is 4.17. The zero-order valence-corrected chi connectivity index (χ0v) is 19.0. The fraction of sp³-hybridized carbons (Fsp3) is 0.458. The molecule has 4 rings (SSSR count). The first-order valence-electron chi connectivity index (χ1n) is 11.2. The molecule has 1 saturated heterocycles. The standard InChI is InChI=1S/C24H30N4O5/c1-15-9-18(12-26-23(15)29)22-27-19-10-17(11-25-20(14-32-2)24(30)31)3-4-21(19)28(22)13-16-5-7-33-8-6-16/h3-4,9-10,12,16,20,25H,5-8,11,13-14H2,1-2H3,(H,26,29)(H,30,31). The molecule has 1 atom stereocenters. The second kappa shape index (κ2) is 10.3. The quantitative estimate of drug-likeness (QED) is 0.454. The molecule has 9 heteroatoms. The Morgan fingerprint density at radius 1 is 1.36 bits per heavy atom. The van der Waals surface area contributed by atoms with Gasteiger partial charge in [-0.2, -0.15) is 0 Å². The summed E-state index contributed by atoms with van der Waals surface area (Å²) >= 11 is 0. The van der Waals surface area contributed by atoms with Gasteiger partial charge in [0, 0.05) is 50.7 Å². The number of carboxylic acid groups (broad SMARTS) is 1. The number of aromatic amines is 1. The highest BCUT2D eigenvalue weighted by Crippen LogP contribution is 2.28. The molecule has 0 spiro atoms. The molecule has 3 heterocycles. The molecule has 1 aromatic carbocycles. The Morgan fingerprint density at radius 3 is 2.85 bits per heavy atom. The lowest BCUT2D eigenvalue weighted by atomic mass is 10.00. The van der Waals surface area contributed by atoms with Crippen LogP contribution in [0.3, 0.4) is 0 Å². The van der Waals surface area contributed by atoms with E-state index in [1.54, 1.807) is 13.1 Å². The van der Waals surface area contributed by atoms with Crippen LogP contribution in [0.4, 0.5) is 0 Å². The average molecular weight is 455 g/mol. The number of aryl methyl sites for hydroxylation is 1. The third-order valence-corrected chi connectivity index (χ3v) is 6.13. The van der Waals surface area contributed by atoms with Crippen molar-refractivity contribution in [2.45, 2.75) is 38.9 Å². The number of carbonyl (C=O) groups is 1. The van der Waals surface area contributed by atoms with Gasteiger partial charge >= 0.3 is 5.97 Å². The van der Waals surface area contributed by atoms with E-state index in [1.165, 1.54) is 7.11 Å². The predicted octanol–water partition coefficient (Wildman–Crippen LogP) is 2.32. The van der Waals surface area contributed by atoms with Gasteiger partial charge in [-0.15, -0.1) is 0 Å². The summed E-state index contributed by atoms with van der Waals surface area (Å²) in [6.45, 7) is 4.62. The molecular formula is C24H30N4O5. The van der Waals surface area contributed by atoms with E-state index in [-0.39, 0.29) is 12.2 Å². The zero-order chi connectivity index (χ0) is 23.4. The number of hydrogen-bond acceptors (Lipinski definition) is 6. The SMILES string of the molecule is COCC(NCc1ccc2c(c1)nc(-c1c[nH]c(=O)c(C)c1)n2CC1CCOCC1)C(=O)O. The molecule has 2 aromatic heterocycles. The molecular weight excluding hydrogens is 424 g/mol. The lowest BCUT2D eigenvalue weighted by Gasteiger charge is -2.23. The van der Waals surface area contributed by atoms with E-state index in [4.69, 9.17) is 14.5 Å². The van der Waals surface area contributed by atoms with Crippen LogP contribution >= 0.6 is 0 Å². The number of ether oxygens (including phenoxy) is 2. The van der Waals surface area contributed by atoms with Gasteiger partial charge < -0.3 is 24.1 Å². The van der Waals surface area contributed by atoms with Crippen molar-refractivity contribution < 1.29 is 19.4 Å². The van der Waals surface area contributed by atoms with Crippen molar-refractivity contribution in [1.82, 2.24) is 19.9 Å². The molecule has 1 aliphatic heterocycles. The van der Waals surface area contributed by atoms with Crippen molar-refractivity contribution in [2.24, 2.45) is 5.92 Å². The van der Waals surface area contributed by atoms with Crippen LogP contribution in [0.5, 0.6) is 0 Å². The molecule has 9 nitrogen and oxygen atoms in total. The Labute approximate surface area is 191 Å². The highest BCUT2D eigenvalue weighted by molar-refractivity contribution is 5.81. The van der Waals surface area contributed by atoms with Crippen LogP contribution < -0.4 is 10.9 Å². The minimum absolute atomic E-state index is 0.0903. The van der Waals surface area contributed by atoms with E-state index >= 15 is 0 Å². The summed E-state index contributed by atoms with van der Waals surface area (Å²) in [6.07, 6.45) is 3.71. The first kappa shape index (κ1) is 23.2. The second-order valence-electron chi connectivity index (χ2n) is 8.55. The Hall–Kier alpha value is -3.01. The van der Waals surface area contributed by atoms with Gasteiger partial charge in [0.2, 0.25) is 0 Å². The van der Waals surface area contributed by atoms with E-state index in [0.29, 0.717) is 18.0 Å². The number of benzene rings is 1. The number of aliphatic carboxylic acids is 1. The number of fused-ring (bicyclic) bond motifs is 1. The Balaban J connectivity index is 1.68. The number of methoxy groups -OCH3 is 1. The minimum Gasteiger partial charge on any atom is -0.480 e. The van der Waals surface area contributed by atoms with Crippen molar-refractivity contribution >= 4 is 17.0 Å². The van der Waals surface area contributed by atoms with E-state index in [2.05, 4.69) is 14.9 Å². The number of pyridine rings is 1. The largest absolute Gasteiger partial charge is 0.480 e. The first-order valence-corrected chi connectivity index (χ1v) is 11.2. The maximum atomic E-state index is 11.9. The van der Waals surface area contributed by atoms with Gasteiger partial charge in [-0.05, 0) is 49.4 Å². The van der Waals surface area contributed by atoms with Crippen LogP contribution in [0.2, 0.25) is 0 Å². The third-order valence-electron chi connectivity index (χ3n) is 6.13. The van der Waals surface area contributed by atoms with Crippen LogP contribution in [0, 0.1) is 12.8 Å². The predicted molar refractivity (Wildman–Crippen MR) is 124 cm³/mol. The maximum Gasteiger partial charge on any atom is 0.323 e. The first-order chi connectivity index (χ1) is 16.0. The highest BCUT2D eigenvalue weighted by atomic mass is 16.5. The van der Waals surface area contributed by atoms with Crippen molar-refractivity contribution in [1.29, 1.82) is 0 Å². The molecule has 0 radical (unpaired) electrons. The van der Waals surface area contributed by atoms with Gasteiger partial charge in [0.15, 0.2) is 0 Å². The van der Waals surface area contributed by atoms with Crippen LogP contribution in [-0.2, 0) is 27.4 Å². The van der Waals surface area contributed by atoms with E-state index in [9.17, 15) is 14.7 Å². The number of H-pyrrole nitrogens is 1. The van der Waals surface area contributed by atoms with Crippen LogP contribution in [0.25, 0.3) is 22.4 Å². The van der Waals surface area contributed by atoms with Crippen molar-refractivity contribution in [2.75, 3.05) is 26.9 Å². The molecule has 0 aliphatic carbocycles. The van der Waals surface area contributed by atoms with E-state index in [0.717, 1.165) is 60.6 Å². The fourth-order valence-electron chi connectivity index (χ4n) is 4.23. The Kier molecular flexibility index (Phi) is 7.22. The van der Waals surface area contributed by atoms with Crippen LogP contribution in [0.15, 0.2) is 35.3 Å². The zero-order valence-electron chi connectivity index (χ0n) is 19.0. The number of hydrogen-bond donors (Lipinski definition) is 3. The average Bonchev–Trinajstić information content (AvgIpc) is 3.16. The van der Waals surface area contributed by atoms with Crippen molar-refractivity contribution in [3.05, 3.63) is 51.9 Å².